The quantitative estimate of drug-likeness (QED) is 0.314. The number of para-hydroxylation sites is 2. The molecule has 2 aromatic heterocycles. The number of aromatic nitrogens is 2. The number of hydrogen-bond donors (Lipinski definition) is 3. The number of aliphatic carboxylic acids is 1. The highest BCUT2D eigenvalue weighted by Crippen LogP contribution is 2.45. The molecule has 2 fully saturated rings. The normalized spacial score (nSPS) is 27.1. The Morgan fingerprint density at radius 2 is 1.88 bits per heavy atom. The lowest BCUT2D eigenvalue weighted by Crippen LogP contribution is -2.56. The number of carbonyl (C=O) groups is 4. The van der Waals surface area contributed by atoms with Crippen LogP contribution in [-0.4, -0.2) is 79.7 Å². The molecule has 1 saturated carbocycles. The number of benzene rings is 1. The molecule has 13 heteroatoms. The molecule has 0 spiro atoms. The van der Waals surface area contributed by atoms with Crippen LogP contribution in [0.3, 0.4) is 0 Å². The van der Waals surface area contributed by atoms with E-state index < -0.39 is 53.2 Å². The Morgan fingerprint density at radius 1 is 1.10 bits per heavy atom. The number of allylic oxidation sites excluding steroid dienone is 1. The molecule has 3 N–H and O–H groups in total. The van der Waals surface area contributed by atoms with Crippen LogP contribution < -0.4 is 15.4 Å². The van der Waals surface area contributed by atoms with Gasteiger partial charge in [0.25, 0.3) is 0 Å². The Balaban J connectivity index is 1.32. The van der Waals surface area contributed by atoms with Gasteiger partial charge in [-0.05, 0) is 70.0 Å². The molecular formula is C35H41N5O7S. The minimum Gasteiger partial charge on any atom is -0.479 e. The van der Waals surface area contributed by atoms with Crippen LogP contribution in [0.2, 0.25) is 0 Å². The van der Waals surface area contributed by atoms with Crippen molar-refractivity contribution in [3.05, 3.63) is 53.2 Å². The van der Waals surface area contributed by atoms with E-state index in [1.807, 2.05) is 53.2 Å². The minimum absolute atomic E-state index is 0.0183. The van der Waals surface area contributed by atoms with E-state index in [1.165, 1.54) is 16.2 Å². The molecule has 3 unspecified atom stereocenters. The summed E-state index contributed by atoms with van der Waals surface area (Å²) in [4.78, 5) is 64.6. The van der Waals surface area contributed by atoms with Crippen LogP contribution in [0.15, 0.2) is 53.2 Å². The van der Waals surface area contributed by atoms with Crippen molar-refractivity contribution in [3.63, 3.8) is 0 Å². The zero-order valence-electron chi connectivity index (χ0n) is 27.3. The number of thiophene rings is 1. The standard InChI is InChI=1S/C35H41N5O7S/c1-34(2,3)47-33(45)38-26-14-8-6-4-5-7-11-22-18-35(22,32(43)44)39-29(41)27-17-23(19-40(27)31(26)42)46-30-28(21-15-16-48-20-21)36-24-12-9-10-13-25(24)37-30/h7,9-13,15-16,20,22-23,26-27H,4-6,8,14,17-19H2,1-3H3,(H,38,45)(H,39,41)(H,43,44)/b11-7-/t22?,23-,26+,27?,35?/m1/s1. The van der Waals surface area contributed by atoms with Crippen LogP contribution in [0.1, 0.15) is 65.7 Å². The average molecular weight is 676 g/mol. The van der Waals surface area contributed by atoms with E-state index in [0.717, 1.165) is 24.8 Å². The molecule has 5 atom stereocenters. The van der Waals surface area contributed by atoms with Crippen molar-refractivity contribution in [2.24, 2.45) is 5.92 Å². The van der Waals surface area contributed by atoms with Crippen LogP contribution in [0, 0.1) is 5.92 Å². The second-order valence-electron chi connectivity index (χ2n) is 13.7. The second kappa shape index (κ2) is 13.5. The van der Waals surface area contributed by atoms with E-state index >= 15 is 0 Å². The maximum absolute atomic E-state index is 14.3. The molecule has 3 aliphatic rings. The molecule has 4 heterocycles. The molecule has 48 heavy (non-hydrogen) atoms. The van der Waals surface area contributed by atoms with Gasteiger partial charge < -0.3 is 30.1 Å². The van der Waals surface area contributed by atoms with Gasteiger partial charge in [0.15, 0.2) is 0 Å². The molecule has 1 aromatic carbocycles. The number of amides is 3. The molecule has 12 nitrogen and oxygen atoms in total. The van der Waals surface area contributed by atoms with Gasteiger partial charge in [0.05, 0.1) is 17.6 Å². The molecule has 1 aliphatic carbocycles. The predicted molar refractivity (Wildman–Crippen MR) is 179 cm³/mol. The van der Waals surface area contributed by atoms with Gasteiger partial charge in [-0.1, -0.05) is 37.1 Å². The van der Waals surface area contributed by atoms with Crippen molar-refractivity contribution in [2.75, 3.05) is 6.54 Å². The molecule has 0 radical (unpaired) electrons. The largest absolute Gasteiger partial charge is 0.479 e. The Morgan fingerprint density at radius 3 is 2.58 bits per heavy atom. The summed E-state index contributed by atoms with van der Waals surface area (Å²) in [7, 11) is 0. The fourth-order valence-electron chi connectivity index (χ4n) is 6.41. The average Bonchev–Trinajstić information content (AvgIpc) is 3.34. The van der Waals surface area contributed by atoms with Gasteiger partial charge >= 0.3 is 12.1 Å². The number of ether oxygens (including phenoxy) is 2. The maximum Gasteiger partial charge on any atom is 0.408 e. The summed E-state index contributed by atoms with van der Waals surface area (Å²) < 4.78 is 12.0. The topological polar surface area (TPSA) is 160 Å². The number of carbonyl (C=O) groups excluding carboxylic acids is 3. The Hall–Kier alpha value is -4.52. The fraction of sp³-hybridized carbons (Fsp3) is 0.486. The fourth-order valence-corrected chi connectivity index (χ4v) is 7.05. The predicted octanol–water partition coefficient (Wildman–Crippen LogP) is 5.08. The first-order chi connectivity index (χ1) is 22.9. The number of hydrogen-bond acceptors (Lipinski definition) is 9. The van der Waals surface area contributed by atoms with Crippen molar-refractivity contribution in [1.82, 2.24) is 25.5 Å². The summed E-state index contributed by atoms with van der Waals surface area (Å²) in [6.07, 6.45) is 6.18. The summed E-state index contributed by atoms with van der Waals surface area (Å²) in [6, 6.07) is 7.36. The number of alkyl carbamates (subject to hydrolysis) is 1. The summed E-state index contributed by atoms with van der Waals surface area (Å²) >= 11 is 1.51. The smallest absolute Gasteiger partial charge is 0.408 e. The number of rotatable bonds is 5. The molecule has 2 aliphatic heterocycles. The summed E-state index contributed by atoms with van der Waals surface area (Å²) in [5.74, 6) is -2.23. The number of nitrogens with one attached hydrogen (secondary N) is 2. The molecule has 3 aromatic rings. The number of carboxylic acid groups (broad SMARTS) is 1. The lowest BCUT2D eigenvalue weighted by Gasteiger charge is -2.30. The third-order valence-corrected chi connectivity index (χ3v) is 9.61. The summed E-state index contributed by atoms with van der Waals surface area (Å²) in [6.45, 7) is 5.24. The monoisotopic (exact) mass is 675 g/mol. The van der Waals surface area contributed by atoms with Gasteiger partial charge in [-0.15, -0.1) is 0 Å². The second-order valence-corrected chi connectivity index (χ2v) is 14.5. The van der Waals surface area contributed by atoms with Crippen molar-refractivity contribution < 1.29 is 33.8 Å². The molecule has 0 bridgehead atoms. The van der Waals surface area contributed by atoms with Gasteiger partial charge in [0.2, 0.25) is 17.7 Å². The van der Waals surface area contributed by atoms with Crippen LogP contribution in [0.25, 0.3) is 22.3 Å². The van der Waals surface area contributed by atoms with Gasteiger partial charge in [0, 0.05) is 23.3 Å². The van der Waals surface area contributed by atoms with E-state index in [2.05, 4.69) is 10.6 Å². The van der Waals surface area contributed by atoms with Gasteiger partial charge in [-0.2, -0.15) is 11.3 Å². The van der Waals surface area contributed by atoms with Gasteiger partial charge in [-0.25, -0.2) is 19.6 Å². The Labute approximate surface area is 282 Å². The summed E-state index contributed by atoms with van der Waals surface area (Å²) in [5.41, 5.74) is 0.478. The SMILES string of the molecule is CC(C)(C)OC(=O)N[C@H]1CCCCC/C=C\C2CC2(C(=O)O)NC(=O)C2C[C@@H](Oc3nc4ccccc4nc3-c3ccsc3)CN2C1=O. The zero-order chi connectivity index (χ0) is 34.1. The van der Waals surface area contributed by atoms with Crippen molar-refractivity contribution >= 4 is 46.2 Å². The first-order valence-corrected chi connectivity index (χ1v) is 17.4. The highest BCUT2D eigenvalue weighted by atomic mass is 32.1. The molecule has 6 rings (SSSR count). The highest BCUT2D eigenvalue weighted by Gasteiger charge is 2.61. The van der Waals surface area contributed by atoms with Crippen LogP contribution in [0.5, 0.6) is 5.88 Å². The van der Waals surface area contributed by atoms with Crippen molar-refractivity contribution in [3.8, 4) is 17.1 Å². The van der Waals surface area contributed by atoms with Crippen LogP contribution in [0.4, 0.5) is 4.79 Å². The zero-order valence-corrected chi connectivity index (χ0v) is 28.1. The highest BCUT2D eigenvalue weighted by molar-refractivity contribution is 7.08. The summed E-state index contributed by atoms with van der Waals surface area (Å²) in [5, 5.41) is 19.6. The van der Waals surface area contributed by atoms with E-state index in [4.69, 9.17) is 19.4 Å². The lowest BCUT2D eigenvalue weighted by atomic mass is 10.0. The molecule has 3 amide bonds. The van der Waals surface area contributed by atoms with E-state index in [9.17, 15) is 24.3 Å². The van der Waals surface area contributed by atoms with Gasteiger partial charge in [-0.3, -0.25) is 9.59 Å². The van der Waals surface area contributed by atoms with E-state index in [0.29, 0.717) is 29.6 Å². The van der Waals surface area contributed by atoms with Crippen LogP contribution in [-0.2, 0) is 19.1 Å². The number of nitrogens with zero attached hydrogens (tertiary/aromatic N) is 3. The number of fused-ring (bicyclic) bond motifs is 3. The third kappa shape index (κ3) is 7.30. The Bertz CT molecular complexity index is 1720. The first-order valence-electron chi connectivity index (χ1n) is 16.4. The van der Waals surface area contributed by atoms with Gasteiger partial charge in [0.1, 0.15) is 35.0 Å². The Kier molecular flexibility index (Phi) is 9.41. The van der Waals surface area contributed by atoms with E-state index in [-0.39, 0.29) is 31.2 Å². The minimum atomic E-state index is -1.44. The number of carboxylic acids is 1. The molecular weight excluding hydrogens is 634 g/mol. The van der Waals surface area contributed by atoms with Crippen LogP contribution >= 0.6 is 11.3 Å². The van der Waals surface area contributed by atoms with E-state index in [1.54, 1.807) is 20.8 Å². The molecule has 1 saturated heterocycles. The lowest BCUT2D eigenvalue weighted by molar-refractivity contribution is -0.145. The third-order valence-electron chi connectivity index (χ3n) is 8.92. The molecule has 254 valence electrons. The van der Waals surface area contributed by atoms with Crippen molar-refractivity contribution in [1.29, 1.82) is 0 Å². The first kappa shape index (κ1) is 33.4. The maximum atomic E-state index is 14.3. The van der Waals surface area contributed by atoms with Crippen molar-refractivity contribution in [2.45, 2.75) is 95.0 Å².